The van der Waals surface area contributed by atoms with E-state index >= 15 is 0 Å². The number of cyclic esters (lactones) is 1. The summed E-state index contributed by atoms with van der Waals surface area (Å²) >= 11 is 0. The number of rotatable bonds is 2. The Morgan fingerprint density at radius 1 is 0.679 bits per heavy atom. The maximum atomic E-state index is 12.9. The Morgan fingerprint density at radius 2 is 1.18 bits per heavy atom. The summed E-state index contributed by atoms with van der Waals surface area (Å²) in [7, 11) is 0. The minimum absolute atomic E-state index is 0.321. The number of nitrogens with two attached hydrogens (primary N) is 2. The van der Waals surface area contributed by atoms with E-state index in [1.807, 2.05) is 76.2 Å². The molecule has 4 N–H and O–H groups in total. The van der Waals surface area contributed by atoms with E-state index in [-0.39, 0.29) is 5.97 Å². The van der Waals surface area contributed by atoms with Gasteiger partial charge in [-0.25, -0.2) is 4.79 Å². The van der Waals surface area contributed by atoms with Crippen molar-refractivity contribution >= 4 is 17.3 Å². The van der Waals surface area contributed by atoms with Crippen molar-refractivity contribution in [3.8, 4) is 0 Å². The van der Waals surface area contributed by atoms with Gasteiger partial charge in [-0.15, -0.1) is 0 Å². The molecule has 142 valence electrons. The monoisotopic (exact) mass is 372 g/mol. The second-order valence-electron chi connectivity index (χ2n) is 7.52. The van der Waals surface area contributed by atoms with Crippen LogP contribution < -0.4 is 11.5 Å². The van der Waals surface area contributed by atoms with Gasteiger partial charge in [0.1, 0.15) is 0 Å². The molecule has 28 heavy (non-hydrogen) atoms. The van der Waals surface area contributed by atoms with Gasteiger partial charge in [0.05, 0.1) is 5.56 Å². The van der Waals surface area contributed by atoms with Crippen molar-refractivity contribution in [2.75, 3.05) is 11.5 Å². The number of hydrogen-bond acceptors (Lipinski definition) is 4. The summed E-state index contributed by atoms with van der Waals surface area (Å²) in [5.41, 5.74) is 20.0. The summed E-state index contributed by atoms with van der Waals surface area (Å²) in [6, 6.07) is 15.3. The molecular formula is C24H24N2O2. The molecule has 1 aliphatic rings. The van der Waals surface area contributed by atoms with Gasteiger partial charge in [0.25, 0.3) is 0 Å². The smallest absolute Gasteiger partial charge is 0.340 e. The molecule has 0 amide bonds. The van der Waals surface area contributed by atoms with Gasteiger partial charge in [0.2, 0.25) is 0 Å². The van der Waals surface area contributed by atoms with Crippen molar-refractivity contribution < 1.29 is 9.53 Å². The van der Waals surface area contributed by atoms with Crippen LogP contribution >= 0.6 is 0 Å². The number of esters is 1. The van der Waals surface area contributed by atoms with Crippen LogP contribution in [0.25, 0.3) is 0 Å². The maximum absolute atomic E-state index is 12.9. The summed E-state index contributed by atoms with van der Waals surface area (Å²) in [4.78, 5) is 12.9. The first-order chi connectivity index (χ1) is 13.3. The molecule has 4 heteroatoms. The molecule has 1 aliphatic heterocycles. The van der Waals surface area contributed by atoms with Crippen LogP contribution in [0.3, 0.4) is 0 Å². The van der Waals surface area contributed by atoms with Crippen LogP contribution in [0.1, 0.15) is 49.3 Å². The fraction of sp³-hybridized carbons (Fsp3) is 0.208. The van der Waals surface area contributed by atoms with Gasteiger partial charge in [0.15, 0.2) is 5.60 Å². The van der Waals surface area contributed by atoms with Gasteiger partial charge in [-0.05, 0) is 68.1 Å². The predicted octanol–water partition coefficient (Wildman–Crippen LogP) is 4.55. The topological polar surface area (TPSA) is 78.3 Å². The first-order valence-corrected chi connectivity index (χ1v) is 9.34. The molecule has 4 nitrogen and oxygen atoms in total. The Kier molecular flexibility index (Phi) is 3.96. The number of nitrogen functional groups attached to an aromatic ring is 2. The Morgan fingerprint density at radius 3 is 1.71 bits per heavy atom. The molecule has 0 atom stereocenters. The standard InChI is InChI=1S/C24H24N2O2/c1-13-15(3)21(25)11-9-18(13)24(19-10-12-22(26)16(4)14(19)2)20-8-6-5-7-17(20)23(27)28-24/h5-12H,25-26H2,1-4H3. The number of anilines is 2. The highest BCUT2D eigenvalue weighted by atomic mass is 16.6. The zero-order valence-corrected chi connectivity index (χ0v) is 16.6. The molecule has 1 heterocycles. The lowest BCUT2D eigenvalue weighted by atomic mass is 9.75. The lowest BCUT2D eigenvalue weighted by molar-refractivity contribution is 0.0248. The molecule has 0 spiro atoms. The lowest BCUT2D eigenvalue weighted by Crippen LogP contribution is -2.32. The molecule has 3 aromatic carbocycles. The summed E-state index contributed by atoms with van der Waals surface area (Å²) in [5.74, 6) is -0.321. The number of ether oxygens (including phenoxy) is 1. The first kappa shape index (κ1) is 18.1. The zero-order chi connectivity index (χ0) is 20.2. The third-order valence-electron chi connectivity index (χ3n) is 6.19. The van der Waals surface area contributed by atoms with E-state index < -0.39 is 5.60 Å². The van der Waals surface area contributed by atoms with Crippen LogP contribution in [0.5, 0.6) is 0 Å². The number of fused-ring (bicyclic) bond motifs is 1. The summed E-state index contributed by atoms with van der Waals surface area (Å²) in [6.45, 7) is 8.03. The summed E-state index contributed by atoms with van der Waals surface area (Å²) in [5, 5.41) is 0. The third kappa shape index (κ3) is 2.27. The Balaban J connectivity index is 2.16. The third-order valence-corrected chi connectivity index (χ3v) is 6.19. The van der Waals surface area contributed by atoms with Gasteiger partial charge >= 0.3 is 5.97 Å². The van der Waals surface area contributed by atoms with Crippen molar-refractivity contribution in [1.29, 1.82) is 0 Å². The number of carbonyl (C=O) groups excluding carboxylic acids is 1. The SMILES string of the molecule is Cc1c(N)ccc(C2(c3ccc(N)c(C)c3C)OC(=O)c3ccccc32)c1C. The molecule has 0 aliphatic carbocycles. The maximum Gasteiger partial charge on any atom is 0.340 e. The van der Waals surface area contributed by atoms with Crippen molar-refractivity contribution in [1.82, 2.24) is 0 Å². The Labute approximate surface area is 165 Å². The average Bonchev–Trinajstić information content (AvgIpc) is 2.98. The van der Waals surface area contributed by atoms with E-state index in [1.165, 1.54) is 0 Å². The van der Waals surface area contributed by atoms with Crippen LogP contribution in [0.15, 0.2) is 48.5 Å². The van der Waals surface area contributed by atoms with Crippen LogP contribution in [0, 0.1) is 27.7 Å². The molecule has 0 saturated heterocycles. The molecule has 0 fully saturated rings. The second kappa shape index (κ2) is 6.13. The second-order valence-corrected chi connectivity index (χ2v) is 7.52. The van der Waals surface area contributed by atoms with Crippen molar-refractivity contribution in [2.45, 2.75) is 33.3 Å². The van der Waals surface area contributed by atoms with Crippen LogP contribution in [0.4, 0.5) is 11.4 Å². The molecular weight excluding hydrogens is 348 g/mol. The Hall–Kier alpha value is -3.27. The normalized spacial score (nSPS) is 14.6. The predicted molar refractivity (Wildman–Crippen MR) is 112 cm³/mol. The van der Waals surface area contributed by atoms with Gasteiger partial charge in [-0.2, -0.15) is 0 Å². The number of hydrogen-bond donors (Lipinski definition) is 2. The van der Waals surface area contributed by atoms with E-state index in [9.17, 15) is 4.79 Å². The highest BCUT2D eigenvalue weighted by molar-refractivity contribution is 5.96. The van der Waals surface area contributed by atoms with Gasteiger partial charge < -0.3 is 16.2 Å². The quantitative estimate of drug-likeness (QED) is 0.511. The van der Waals surface area contributed by atoms with Crippen molar-refractivity contribution in [3.63, 3.8) is 0 Å². The average molecular weight is 372 g/mol. The van der Waals surface area contributed by atoms with Gasteiger partial charge in [0, 0.05) is 28.1 Å². The van der Waals surface area contributed by atoms with Crippen LogP contribution in [-0.4, -0.2) is 5.97 Å². The molecule has 3 aromatic rings. The Bertz CT molecular complexity index is 1070. The van der Waals surface area contributed by atoms with E-state index in [0.29, 0.717) is 5.56 Å². The highest BCUT2D eigenvalue weighted by Gasteiger charge is 2.50. The highest BCUT2D eigenvalue weighted by Crippen LogP contribution is 2.50. The summed E-state index contributed by atoms with van der Waals surface area (Å²) in [6.07, 6.45) is 0. The lowest BCUT2D eigenvalue weighted by Gasteiger charge is -2.34. The molecule has 0 bridgehead atoms. The minimum atomic E-state index is -1.03. The first-order valence-electron chi connectivity index (χ1n) is 9.34. The number of benzene rings is 3. The molecule has 0 unspecified atom stereocenters. The van der Waals surface area contributed by atoms with E-state index in [1.54, 1.807) is 0 Å². The summed E-state index contributed by atoms with van der Waals surface area (Å²) < 4.78 is 6.22. The molecule has 0 saturated carbocycles. The van der Waals surface area contributed by atoms with Crippen LogP contribution in [0.2, 0.25) is 0 Å². The molecule has 4 rings (SSSR count). The van der Waals surface area contributed by atoms with Gasteiger partial charge in [-0.3, -0.25) is 0 Å². The number of carbonyl (C=O) groups is 1. The fourth-order valence-corrected chi connectivity index (χ4v) is 4.21. The van der Waals surface area contributed by atoms with Crippen molar-refractivity contribution in [2.24, 2.45) is 0 Å². The van der Waals surface area contributed by atoms with Crippen molar-refractivity contribution in [3.05, 3.63) is 93.0 Å². The molecule has 0 radical (unpaired) electrons. The van der Waals surface area contributed by atoms with E-state index in [2.05, 4.69) is 0 Å². The van der Waals surface area contributed by atoms with E-state index in [4.69, 9.17) is 16.2 Å². The zero-order valence-electron chi connectivity index (χ0n) is 16.6. The largest absolute Gasteiger partial charge is 0.441 e. The van der Waals surface area contributed by atoms with E-state index in [0.717, 1.165) is 50.3 Å². The van der Waals surface area contributed by atoms with Gasteiger partial charge in [-0.1, -0.05) is 30.3 Å². The fourth-order valence-electron chi connectivity index (χ4n) is 4.21. The minimum Gasteiger partial charge on any atom is -0.441 e. The molecule has 0 aromatic heterocycles. The van der Waals surface area contributed by atoms with Crippen LogP contribution in [-0.2, 0) is 10.3 Å².